The van der Waals surface area contributed by atoms with Crippen LogP contribution < -0.4 is 15.8 Å². The van der Waals surface area contributed by atoms with Gasteiger partial charge in [-0.2, -0.15) is 13.2 Å². The molecule has 2 atom stereocenters. The lowest BCUT2D eigenvalue weighted by molar-refractivity contribution is -0.265. The van der Waals surface area contributed by atoms with Gasteiger partial charge in [0.2, 0.25) is 11.5 Å². The monoisotopic (exact) mass is 542 g/mol. The van der Waals surface area contributed by atoms with Crippen molar-refractivity contribution in [3.63, 3.8) is 0 Å². The summed E-state index contributed by atoms with van der Waals surface area (Å²) in [5.41, 5.74) is 0.148. The van der Waals surface area contributed by atoms with Gasteiger partial charge in [-0.1, -0.05) is 6.07 Å². The summed E-state index contributed by atoms with van der Waals surface area (Å²) < 4.78 is 62.8. The number of alkyl halides is 3. The molecule has 202 valence electrons. The minimum absolute atomic E-state index is 0.0145. The maximum Gasteiger partial charge on any atom is 0.424 e. The van der Waals surface area contributed by atoms with Crippen LogP contribution in [0, 0.1) is 5.82 Å². The first-order valence-electron chi connectivity index (χ1n) is 11.7. The summed E-state index contributed by atoms with van der Waals surface area (Å²) >= 11 is 0. The van der Waals surface area contributed by atoms with Gasteiger partial charge in [0, 0.05) is 33.8 Å². The van der Waals surface area contributed by atoms with Crippen molar-refractivity contribution in [3.8, 4) is 17.0 Å². The van der Waals surface area contributed by atoms with E-state index in [2.05, 4.69) is 15.3 Å². The first-order valence-corrected chi connectivity index (χ1v) is 11.7. The van der Waals surface area contributed by atoms with Gasteiger partial charge in [0.15, 0.2) is 0 Å². The first-order chi connectivity index (χ1) is 18.3. The summed E-state index contributed by atoms with van der Waals surface area (Å²) in [4.78, 5) is 32.2. The Morgan fingerprint density at radius 3 is 2.56 bits per heavy atom. The van der Waals surface area contributed by atoms with Crippen LogP contribution in [0.25, 0.3) is 22.2 Å². The Hall–Kier alpha value is -4.45. The van der Waals surface area contributed by atoms with Crippen LogP contribution in [0.5, 0.6) is 5.75 Å². The third-order valence-corrected chi connectivity index (χ3v) is 6.97. The quantitative estimate of drug-likeness (QED) is 0.276. The van der Waals surface area contributed by atoms with Gasteiger partial charge in [-0.15, -0.1) is 0 Å². The molecular formula is C27H22F4N4O4. The number of aromatic nitrogens is 2. The fourth-order valence-corrected chi connectivity index (χ4v) is 4.53. The van der Waals surface area contributed by atoms with E-state index in [4.69, 9.17) is 10.5 Å². The fourth-order valence-electron chi connectivity index (χ4n) is 4.53. The number of nitrogens with zero attached hydrogens (tertiary/aromatic N) is 1. The zero-order valence-electron chi connectivity index (χ0n) is 20.4. The zero-order valence-corrected chi connectivity index (χ0v) is 20.4. The highest BCUT2D eigenvalue weighted by atomic mass is 19.4. The second kappa shape index (κ2) is 9.09. The maximum atomic E-state index is 14.5. The number of ether oxygens (including phenoxy) is 1. The smallest absolute Gasteiger partial charge is 0.424 e. The van der Waals surface area contributed by atoms with Crippen LogP contribution in [0.1, 0.15) is 28.5 Å². The van der Waals surface area contributed by atoms with Crippen molar-refractivity contribution in [2.24, 2.45) is 5.73 Å². The van der Waals surface area contributed by atoms with Gasteiger partial charge in [-0.05, 0) is 55.5 Å². The molecule has 0 unspecified atom stereocenters. The third-order valence-electron chi connectivity index (χ3n) is 6.97. The molecule has 4 aromatic rings. The van der Waals surface area contributed by atoms with Crippen molar-refractivity contribution in [1.82, 2.24) is 15.3 Å². The lowest BCUT2D eigenvalue weighted by Crippen LogP contribution is -2.51. The van der Waals surface area contributed by atoms with Crippen LogP contribution >= 0.6 is 0 Å². The van der Waals surface area contributed by atoms with E-state index in [0.29, 0.717) is 10.9 Å². The summed E-state index contributed by atoms with van der Waals surface area (Å²) in [6, 6.07) is 11.9. The van der Waals surface area contributed by atoms with Crippen LogP contribution in [-0.4, -0.2) is 46.2 Å². The molecule has 2 amide bonds. The molecule has 3 heterocycles. The number of carbonyl (C=O) groups excluding carboxylic acids is 2. The number of benzene rings is 2. The van der Waals surface area contributed by atoms with Crippen LogP contribution in [0.15, 0.2) is 60.8 Å². The van der Waals surface area contributed by atoms with E-state index in [0.717, 1.165) is 18.2 Å². The molecule has 12 heteroatoms. The molecular weight excluding hydrogens is 520 g/mol. The normalized spacial score (nSPS) is 18.3. The number of amides is 2. The number of nitrogens with one attached hydrogen (secondary N) is 2. The summed E-state index contributed by atoms with van der Waals surface area (Å²) in [6.45, 7) is -0.177. The number of pyridine rings is 1. The Morgan fingerprint density at radius 1 is 1.18 bits per heavy atom. The number of H-pyrrole nitrogens is 1. The summed E-state index contributed by atoms with van der Waals surface area (Å²) in [6.07, 6.45) is -3.74. The van der Waals surface area contributed by atoms with Gasteiger partial charge in [0.25, 0.3) is 5.91 Å². The number of fused-ring (bicyclic) bond motifs is 2. The SMILES string of the molecule is C[C@]1(C(N)=O)COc2c1cc([C@@](O)(CNC(=O)c1cccc3[nH]ccc13)C(F)(F)F)nc2-c1ccc(F)cc1. The summed E-state index contributed by atoms with van der Waals surface area (Å²) in [5.74, 6) is -2.33. The minimum atomic E-state index is -5.32. The highest BCUT2D eigenvalue weighted by Crippen LogP contribution is 2.47. The van der Waals surface area contributed by atoms with Gasteiger partial charge >= 0.3 is 6.18 Å². The minimum Gasteiger partial charge on any atom is -0.489 e. The van der Waals surface area contributed by atoms with E-state index in [9.17, 15) is 32.3 Å². The molecule has 39 heavy (non-hydrogen) atoms. The lowest BCUT2D eigenvalue weighted by atomic mass is 9.81. The molecule has 0 saturated heterocycles. The number of aliphatic hydroxyl groups is 1. The van der Waals surface area contributed by atoms with Crippen molar-refractivity contribution in [3.05, 3.63) is 83.4 Å². The Labute approximate surface area is 218 Å². The molecule has 2 aromatic carbocycles. The van der Waals surface area contributed by atoms with E-state index in [1.165, 1.54) is 25.1 Å². The summed E-state index contributed by atoms with van der Waals surface area (Å²) in [7, 11) is 0. The van der Waals surface area contributed by atoms with Crippen molar-refractivity contribution < 1.29 is 37.0 Å². The first kappa shape index (κ1) is 26.2. The number of hydrogen-bond acceptors (Lipinski definition) is 5. The molecule has 5 N–H and O–H groups in total. The number of aromatic amines is 1. The average molecular weight is 542 g/mol. The molecule has 0 spiro atoms. The molecule has 1 aliphatic heterocycles. The topological polar surface area (TPSA) is 130 Å². The second-order valence-corrected chi connectivity index (χ2v) is 9.51. The van der Waals surface area contributed by atoms with Gasteiger partial charge in [-0.3, -0.25) is 9.59 Å². The van der Waals surface area contributed by atoms with Crippen LogP contribution in [0.4, 0.5) is 17.6 Å². The van der Waals surface area contributed by atoms with E-state index < -0.39 is 47.1 Å². The van der Waals surface area contributed by atoms with Crippen molar-refractivity contribution >= 4 is 22.7 Å². The Morgan fingerprint density at radius 2 is 1.90 bits per heavy atom. The fraction of sp³-hybridized carbons (Fsp3) is 0.222. The zero-order chi connectivity index (χ0) is 28.2. The molecule has 5 rings (SSSR count). The van der Waals surface area contributed by atoms with E-state index >= 15 is 0 Å². The van der Waals surface area contributed by atoms with Crippen LogP contribution in [0.3, 0.4) is 0 Å². The molecule has 0 radical (unpaired) electrons. The third kappa shape index (κ3) is 4.26. The average Bonchev–Trinajstić information content (AvgIpc) is 3.52. The highest BCUT2D eigenvalue weighted by molar-refractivity contribution is 6.06. The number of rotatable bonds is 6. The van der Waals surface area contributed by atoms with E-state index in [1.807, 2.05) is 0 Å². The number of primary amides is 1. The Kier molecular flexibility index (Phi) is 6.10. The van der Waals surface area contributed by atoms with Gasteiger partial charge < -0.3 is 25.9 Å². The van der Waals surface area contributed by atoms with E-state index in [1.54, 1.807) is 24.4 Å². The van der Waals surface area contributed by atoms with Crippen molar-refractivity contribution in [2.75, 3.05) is 13.2 Å². The van der Waals surface area contributed by atoms with Crippen LogP contribution in [-0.2, 0) is 15.8 Å². The van der Waals surface area contributed by atoms with Gasteiger partial charge in [0.1, 0.15) is 29.3 Å². The molecule has 0 aliphatic carbocycles. The van der Waals surface area contributed by atoms with Crippen molar-refractivity contribution in [1.29, 1.82) is 0 Å². The molecule has 0 fully saturated rings. The highest BCUT2D eigenvalue weighted by Gasteiger charge is 2.57. The molecule has 8 nitrogen and oxygen atoms in total. The molecule has 2 aromatic heterocycles. The largest absolute Gasteiger partial charge is 0.489 e. The number of carbonyl (C=O) groups is 2. The summed E-state index contributed by atoms with van der Waals surface area (Å²) in [5, 5.41) is 13.8. The van der Waals surface area contributed by atoms with Gasteiger partial charge in [-0.25, -0.2) is 9.37 Å². The predicted molar refractivity (Wildman–Crippen MR) is 132 cm³/mol. The number of nitrogens with two attached hydrogens (primary N) is 1. The standard InChI is InChI=1S/C27H22F4N4O4/c1-25(24(32)37)13-39-22-18(25)11-20(35-21(22)14-5-7-15(28)8-6-14)26(38,27(29,30)31)12-34-23(36)17-3-2-4-19-16(17)9-10-33-19/h2-11,33,38H,12-13H2,1H3,(H2,32,37)(H,34,36)/t25-,26-/m0/s1. The van der Waals surface area contributed by atoms with Gasteiger partial charge in [0.05, 0.1) is 12.2 Å². The predicted octanol–water partition coefficient (Wildman–Crippen LogP) is 3.68. The Bertz CT molecular complexity index is 1600. The van der Waals surface area contributed by atoms with E-state index in [-0.39, 0.29) is 34.7 Å². The number of hydrogen-bond donors (Lipinski definition) is 4. The van der Waals surface area contributed by atoms with Crippen LogP contribution in [0.2, 0.25) is 0 Å². The Balaban J connectivity index is 1.62. The maximum absolute atomic E-state index is 14.5. The molecule has 0 saturated carbocycles. The van der Waals surface area contributed by atoms with Crippen molar-refractivity contribution in [2.45, 2.75) is 24.1 Å². The lowest BCUT2D eigenvalue weighted by Gasteiger charge is -2.31. The number of halogens is 4. The molecule has 1 aliphatic rings. The molecule has 0 bridgehead atoms. The second-order valence-electron chi connectivity index (χ2n) is 9.51.